The number of carboxylic acid groups (broad SMARTS) is 1. The van der Waals surface area contributed by atoms with Gasteiger partial charge in [0.1, 0.15) is 0 Å². The van der Waals surface area contributed by atoms with Gasteiger partial charge < -0.3 is 9.84 Å². The maximum Gasteiger partial charge on any atom is 0.337 e. The molecule has 0 amide bonds. The van der Waals surface area contributed by atoms with E-state index in [4.69, 9.17) is 4.74 Å². The number of ether oxygens (including phenoxy) is 1. The van der Waals surface area contributed by atoms with Crippen molar-refractivity contribution >= 4 is 11.9 Å². The molecule has 0 bridgehead atoms. The van der Waals surface area contributed by atoms with Crippen molar-refractivity contribution in [3.8, 4) is 0 Å². The van der Waals surface area contributed by atoms with Gasteiger partial charge in [-0.05, 0) is 53.3 Å². The van der Waals surface area contributed by atoms with E-state index < -0.39 is 11.9 Å². The molecule has 2 aromatic rings. The number of esters is 1. The Bertz CT molecular complexity index is 877. The summed E-state index contributed by atoms with van der Waals surface area (Å²) in [5, 5.41) is 25.5. The second-order valence-electron chi connectivity index (χ2n) is 8.43. The van der Waals surface area contributed by atoms with Crippen molar-refractivity contribution in [2.45, 2.75) is 76.9 Å². The number of carbonyl (C=O) groups is 2. The third kappa shape index (κ3) is 6.12. The van der Waals surface area contributed by atoms with Gasteiger partial charge >= 0.3 is 11.9 Å². The summed E-state index contributed by atoms with van der Waals surface area (Å²) in [6, 6.07) is 6.53. The Morgan fingerprint density at radius 2 is 1.94 bits per heavy atom. The molecule has 2 atom stereocenters. The van der Waals surface area contributed by atoms with Crippen LogP contribution in [0.3, 0.4) is 0 Å². The Morgan fingerprint density at radius 1 is 1.22 bits per heavy atom. The second kappa shape index (κ2) is 11.7. The van der Waals surface area contributed by atoms with Crippen molar-refractivity contribution in [1.29, 1.82) is 0 Å². The van der Waals surface area contributed by atoms with E-state index in [-0.39, 0.29) is 24.4 Å². The predicted octanol–water partition coefficient (Wildman–Crippen LogP) is 3.36. The lowest BCUT2D eigenvalue weighted by Gasteiger charge is -2.33. The summed E-state index contributed by atoms with van der Waals surface area (Å²) < 4.78 is 6.59. The Morgan fingerprint density at radius 3 is 2.56 bits per heavy atom. The van der Waals surface area contributed by atoms with Crippen LogP contribution in [0.15, 0.2) is 24.3 Å². The minimum Gasteiger partial charge on any atom is -0.481 e. The molecule has 2 N–H and O–H groups in total. The van der Waals surface area contributed by atoms with Crippen LogP contribution in [0.1, 0.15) is 86.1 Å². The number of aromatic nitrogens is 4. The average Bonchev–Trinajstić information content (AvgIpc) is 3.28. The molecular weight excluding hydrogens is 410 g/mol. The van der Waals surface area contributed by atoms with Crippen LogP contribution in [-0.2, 0) is 16.1 Å². The minimum atomic E-state index is -0.821. The van der Waals surface area contributed by atoms with E-state index >= 15 is 0 Å². The summed E-state index contributed by atoms with van der Waals surface area (Å²) in [4.78, 5) is 23.5. The molecule has 9 nitrogen and oxygen atoms in total. The molecule has 0 spiro atoms. The van der Waals surface area contributed by atoms with E-state index in [1.807, 2.05) is 12.1 Å². The van der Waals surface area contributed by atoms with Gasteiger partial charge in [0.05, 0.1) is 25.1 Å². The average molecular weight is 444 g/mol. The smallest absolute Gasteiger partial charge is 0.337 e. The van der Waals surface area contributed by atoms with Gasteiger partial charge in [0.25, 0.3) is 0 Å². The highest BCUT2D eigenvalue weighted by Crippen LogP contribution is 2.31. The molecule has 1 aromatic heterocycles. The fraction of sp³-hybridized carbons (Fsp3) is 0.609. The lowest BCUT2D eigenvalue weighted by molar-refractivity contribution is -0.138. The van der Waals surface area contributed by atoms with Crippen LogP contribution < -0.4 is 5.32 Å². The molecule has 2 unspecified atom stereocenters. The van der Waals surface area contributed by atoms with E-state index in [1.165, 1.54) is 13.5 Å². The number of tetrazole rings is 1. The van der Waals surface area contributed by atoms with E-state index in [0.29, 0.717) is 17.9 Å². The van der Waals surface area contributed by atoms with Gasteiger partial charge in [-0.2, -0.15) is 0 Å². The number of benzene rings is 1. The Hall–Kier alpha value is -2.81. The predicted molar refractivity (Wildman–Crippen MR) is 118 cm³/mol. The summed E-state index contributed by atoms with van der Waals surface area (Å²) in [5.74, 6) is -0.287. The quantitative estimate of drug-likeness (QED) is 0.507. The molecule has 1 aromatic carbocycles. The molecule has 1 fully saturated rings. The summed E-state index contributed by atoms with van der Waals surface area (Å²) in [7, 11) is 1.35. The largest absolute Gasteiger partial charge is 0.481 e. The first-order chi connectivity index (χ1) is 15.5. The normalized spacial score (nSPS) is 16.4. The summed E-state index contributed by atoms with van der Waals surface area (Å²) >= 11 is 0. The maximum atomic E-state index is 11.9. The standard InChI is InChI=1S/C23H33N5O4/c1-3-4-14-28-22(25-26-27-28)21(17-10-12-18(13-11-17)23(31)32-2)24-19(15-20(29)30)16-8-6-5-7-9-16/h10-13,16,19,21,24H,3-9,14-15H2,1-2H3,(H,29,30). The van der Waals surface area contributed by atoms with Gasteiger partial charge in [-0.15, -0.1) is 5.10 Å². The fourth-order valence-electron chi connectivity index (χ4n) is 4.44. The maximum absolute atomic E-state index is 11.9. The lowest BCUT2D eigenvalue weighted by atomic mass is 9.82. The Labute approximate surface area is 188 Å². The van der Waals surface area contributed by atoms with Crippen molar-refractivity contribution in [2.24, 2.45) is 5.92 Å². The Kier molecular flexibility index (Phi) is 8.72. The van der Waals surface area contributed by atoms with E-state index in [9.17, 15) is 14.7 Å². The van der Waals surface area contributed by atoms with Crippen LogP contribution in [0.25, 0.3) is 0 Å². The molecule has 0 aliphatic heterocycles. The first-order valence-electron chi connectivity index (χ1n) is 11.5. The van der Waals surface area contributed by atoms with E-state index in [0.717, 1.165) is 44.1 Å². The molecule has 174 valence electrons. The van der Waals surface area contributed by atoms with Crippen LogP contribution in [0.2, 0.25) is 0 Å². The second-order valence-corrected chi connectivity index (χ2v) is 8.43. The number of aliphatic carboxylic acids is 1. The molecule has 3 rings (SSSR count). The molecule has 32 heavy (non-hydrogen) atoms. The van der Waals surface area contributed by atoms with Crippen LogP contribution in [0.4, 0.5) is 0 Å². The van der Waals surface area contributed by atoms with E-state index in [1.54, 1.807) is 16.8 Å². The van der Waals surface area contributed by atoms with Gasteiger partial charge in [-0.25, -0.2) is 9.48 Å². The minimum absolute atomic E-state index is 0.0396. The number of methoxy groups -OCH3 is 1. The summed E-state index contributed by atoms with van der Waals surface area (Å²) in [5.41, 5.74) is 1.33. The molecular formula is C23H33N5O4. The number of carboxylic acids is 1. The highest BCUT2D eigenvalue weighted by atomic mass is 16.5. The van der Waals surface area contributed by atoms with Gasteiger partial charge in [0, 0.05) is 12.6 Å². The molecule has 0 saturated heterocycles. The van der Waals surface area contributed by atoms with Gasteiger partial charge in [-0.3, -0.25) is 10.1 Å². The zero-order valence-corrected chi connectivity index (χ0v) is 18.9. The van der Waals surface area contributed by atoms with Crippen LogP contribution in [0, 0.1) is 5.92 Å². The molecule has 1 aliphatic rings. The van der Waals surface area contributed by atoms with Crippen LogP contribution in [0.5, 0.6) is 0 Å². The van der Waals surface area contributed by atoms with Crippen molar-refractivity contribution in [1.82, 2.24) is 25.5 Å². The number of hydrogen-bond acceptors (Lipinski definition) is 7. The van der Waals surface area contributed by atoms with Gasteiger partial charge in [-0.1, -0.05) is 44.7 Å². The fourth-order valence-corrected chi connectivity index (χ4v) is 4.44. The number of nitrogens with zero attached hydrogens (tertiary/aromatic N) is 4. The summed E-state index contributed by atoms with van der Waals surface area (Å²) in [6.07, 6.45) is 7.45. The van der Waals surface area contributed by atoms with Gasteiger partial charge in [0.15, 0.2) is 5.82 Å². The zero-order chi connectivity index (χ0) is 22.9. The highest BCUT2D eigenvalue weighted by molar-refractivity contribution is 5.89. The number of nitrogens with one attached hydrogen (secondary N) is 1. The molecule has 1 aliphatic carbocycles. The van der Waals surface area contributed by atoms with Crippen LogP contribution >= 0.6 is 0 Å². The number of hydrogen-bond donors (Lipinski definition) is 2. The number of aryl methyl sites for hydroxylation is 1. The summed E-state index contributed by atoms with van der Waals surface area (Å²) in [6.45, 7) is 2.79. The molecule has 0 radical (unpaired) electrons. The highest BCUT2D eigenvalue weighted by Gasteiger charge is 2.31. The van der Waals surface area contributed by atoms with Crippen LogP contribution in [-0.4, -0.2) is 50.4 Å². The Balaban J connectivity index is 1.94. The number of rotatable bonds is 11. The van der Waals surface area contributed by atoms with Gasteiger partial charge in [0.2, 0.25) is 0 Å². The first kappa shape index (κ1) is 23.8. The van der Waals surface area contributed by atoms with Crippen molar-refractivity contribution in [3.05, 3.63) is 41.2 Å². The zero-order valence-electron chi connectivity index (χ0n) is 18.9. The number of carbonyl (C=O) groups excluding carboxylic acids is 1. The van der Waals surface area contributed by atoms with Crippen molar-refractivity contribution < 1.29 is 19.4 Å². The lowest BCUT2D eigenvalue weighted by Crippen LogP contribution is -2.42. The van der Waals surface area contributed by atoms with Crippen molar-refractivity contribution in [2.75, 3.05) is 7.11 Å². The van der Waals surface area contributed by atoms with E-state index in [2.05, 4.69) is 27.8 Å². The molecule has 9 heteroatoms. The van der Waals surface area contributed by atoms with Crippen molar-refractivity contribution in [3.63, 3.8) is 0 Å². The molecule has 1 saturated carbocycles. The first-order valence-corrected chi connectivity index (χ1v) is 11.5. The SMILES string of the molecule is CCCCn1nnnc1C(NC(CC(=O)O)C1CCCCC1)c1ccc(C(=O)OC)cc1. The number of unbranched alkanes of at least 4 members (excludes halogenated alkanes) is 1. The third-order valence-electron chi connectivity index (χ3n) is 6.20. The molecule has 1 heterocycles. The third-order valence-corrected chi connectivity index (χ3v) is 6.20. The topological polar surface area (TPSA) is 119 Å². The monoisotopic (exact) mass is 443 g/mol.